The summed E-state index contributed by atoms with van der Waals surface area (Å²) in [6, 6.07) is 0. The number of carbonyl (C=O) groups excluding carboxylic acids is 1. The van der Waals surface area contributed by atoms with Gasteiger partial charge in [0.1, 0.15) is 6.10 Å². The van der Waals surface area contributed by atoms with E-state index in [9.17, 15) is 4.79 Å². The van der Waals surface area contributed by atoms with Crippen molar-refractivity contribution in [2.75, 3.05) is 0 Å². The first kappa shape index (κ1) is 26.3. The number of carbonyl (C=O) groups is 1. The third-order valence-electron chi connectivity index (χ3n) is 11.9. The smallest absolute Gasteiger partial charge is 0.305 e. The van der Waals surface area contributed by atoms with Crippen molar-refractivity contribution >= 4 is 5.97 Å². The highest BCUT2D eigenvalue weighted by Crippen LogP contribution is 2.67. The highest BCUT2D eigenvalue weighted by Gasteiger charge is 2.59. The molecule has 4 aliphatic carbocycles. The van der Waals surface area contributed by atoms with E-state index in [2.05, 4.69) is 47.6 Å². The van der Waals surface area contributed by atoms with E-state index in [0.29, 0.717) is 17.3 Å². The van der Waals surface area contributed by atoms with Crippen LogP contribution < -0.4 is 0 Å². The van der Waals surface area contributed by atoms with Crippen LogP contribution in [0.25, 0.3) is 0 Å². The molecule has 2 nitrogen and oxygen atoms in total. The Labute approximate surface area is 211 Å². The second-order valence-electron chi connectivity index (χ2n) is 13.7. The Morgan fingerprint density at radius 2 is 1.79 bits per heavy atom. The molecule has 4 rings (SSSR count). The maximum Gasteiger partial charge on any atom is 0.305 e. The molecule has 3 fully saturated rings. The average molecular weight is 471 g/mol. The Morgan fingerprint density at radius 3 is 2.47 bits per heavy atom. The Hall–Kier alpha value is -0.790. The molecule has 0 heterocycles. The van der Waals surface area contributed by atoms with E-state index < -0.39 is 0 Å². The third kappa shape index (κ3) is 4.66. The SMILES string of the molecule is CCC(=O)O[C@H]1CC[C@@]2(C)C(=CC[C@H]3[C@@H]4CC[C@H]([C@H](C)CC[C@@H](CC)C(C)C)[C@@]4(C)CC[C@@H]32)C1. The molecule has 2 heteroatoms. The van der Waals surface area contributed by atoms with Crippen molar-refractivity contribution in [1.29, 1.82) is 0 Å². The van der Waals surface area contributed by atoms with Crippen LogP contribution in [0.1, 0.15) is 126 Å². The van der Waals surface area contributed by atoms with Crippen molar-refractivity contribution in [3.05, 3.63) is 11.6 Å². The Morgan fingerprint density at radius 1 is 1.03 bits per heavy atom. The van der Waals surface area contributed by atoms with E-state index in [1.807, 2.05) is 6.92 Å². The van der Waals surface area contributed by atoms with Crippen LogP contribution in [0, 0.1) is 52.3 Å². The van der Waals surface area contributed by atoms with Crippen LogP contribution >= 0.6 is 0 Å². The van der Waals surface area contributed by atoms with Crippen molar-refractivity contribution in [3.8, 4) is 0 Å². The molecule has 0 aliphatic heterocycles. The molecule has 0 unspecified atom stereocenters. The lowest BCUT2D eigenvalue weighted by atomic mass is 9.47. The molecule has 0 radical (unpaired) electrons. The van der Waals surface area contributed by atoms with E-state index in [4.69, 9.17) is 4.74 Å². The molecular formula is C32H54O2. The monoisotopic (exact) mass is 470 g/mol. The summed E-state index contributed by atoms with van der Waals surface area (Å²) in [6.45, 7) is 17.0. The van der Waals surface area contributed by atoms with Crippen molar-refractivity contribution in [1.82, 2.24) is 0 Å². The van der Waals surface area contributed by atoms with Crippen LogP contribution in [0.4, 0.5) is 0 Å². The largest absolute Gasteiger partial charge is 0.462 e. The van der Waals surface area contributed by atoms with E-state index in [1.165, 1.54) is 57.8 Å². The van der Waals surface area contributed by atoms with Crippen molar-refractivity contribution in [2.45, 2.75) is 132 Å². The van der Waals surface area contributed by atoms with Gasteiger partial charge in [-0.25, -0.2) is 0 Å². The fraction of sp³-hybridized carbons (Fsp3) is 0.906. The minimum absolute atomic E-state index is 0.0268. The molecule has 3 saturated carbocycles. The van der Waals surface area contributed by atoms with Crippen LogP contribution in [0.15, 0.2) is 11.6 Å². The summed E-state index contributed by atoms with van der Waals surface area (Å²) in [5.41, 5.74) is 2.52. The molecule has 0 bridgehead atoms. The van der Waals surface area contributed by atoms with E-state index in [1.54, 1.807) is 5.57 Å². The first-order chi connectivity index (χ1) is 16.1. The van der Waals surface area contributed by atoms with E-state index in [0.717, 1.165) is 54.3 Å². The molecule has 0 saturated heterocycles. The van der Waals surface area contributed by atoms with E-state index >= 15 is 0 Å². The van der Waals surface area contributed by atoms with Crippen LogP contribution in [0.5, 0.6) is 0 Å². The first-order valence-electron chi connectivity index (χ1n) is 15.0. The van der Waals surface area contributed by atoms with Crippen molar-refractivity contribution < 1.29 is 9.53 Å². The van der Waals surface area contributed by atoms with Gasteiger partial charge in [0.05, 0.1) is 0 Å². The van der Waals surface area contributed by atoms with Gasteiger partial charge in [-0.3, -0.25) is 4.79 Å². The quantitative estimate of drug-likeness (QED) is 0.261. The number of fused-ring (bicyclic) bond motifs is 5. The number of rotatable bonds is 8. The summed E-state index contributed by atoms with van der Waals surface area (Å²) in [5, 5.41) is 0. The molecule has 9 atom stereocenters. The van der Waals surface area contributed by atoms with E-state index in [-0.39, 0.29) is 12.1 Å². The van der Waals surface area contributed by atoms with Crippen LogP contribution in [-0.2, 0) is 9.53 Å². The third-order valence-corrected chi connectivity index (χ3v) is 11.9. The minimum atomic E-state index is -0.0268. The summed E-state index contributed by atoms with van der Waals surface area (Å²) < 4.78 is 5.78. The van der Waals surface area contributed by atoms with Crippen molar-refractivity contribution in [3.63, 3.8) is 0 Å². The fourth-order valence-electron chi connectivity index (χ4n) is 9.66. The lowest BCUT2D eigenvalue weighted by Crippen LogP contribution is -2.51. The second-order valence-corrected chi connectivity index (χ2v) is 13.7. The summed E-state index contributed by atoms with van der Waals surface area (Å²) in [6.07, 6.45) is 17.7. The zero-order valence-corrected chi connectivity index (χ0v) is 23.5. The fourth-order valence-corrected chi connectivity index (χ4v) is 9.66. The normalized spacial score (nSPS) is 41.2. The number of ether oxygens (including phenoxy) is 1. The van der Waals surface area contributed by atoms with Crippen molar-refractivity contribution in [2.24, 2.45) is 52.3 Å². The summed E-state index contributed by atoms with van der Waals surface area (Å²) >= 11 is 0. The van der Waals surface area contributed by atoms with Crippen LogP contribution in [0.2, 0.25) is 0 Å². The number of allylic oxidation sites excluding steroid dienone is 1. The average Bonchev–Trinajstić information content (AvgIpc) is 3.16. The Bertz CT molecular complexity index is 752. The van der Waals surface area contributed by atoms with Crippen LogP contribution in [-0.4, -0.2) is 12.1 Å². The minimum Gasteiger partial charge on any atom is -0.462 e. The number of hydrogen-bond acceptors (Lipinski definition) is 2. The van der Waals surface area contributed by atoms with Gasteiger partial charge >= 0.3 is 5.97 Å². The Balaban J connectivity index is 1.44. The zero-order chi connectivity index (χ0) is 24.7. The standard InChI is InChI=1S/C32H54O2/c1-8-23(21(3)4)11-10-22(5)27-14-15-28-26-13-12-24-20-25(34-30(33)9-2)16-18-31(24,6)29(26)17-19-32(27,28)7/h12,21-23,25-29H,8-11,13-20H2,1-7H3/t22-,23-,25+,26+,27-,28+,29+,31+,32-/m1/s1. The van der Waals surface area contributed by atoms with Gasteiger partial charge in [-0.15, -0.1) is 0 Å². The molecule has 0 amide bonds. The number of esters is 1. The molecule has 0 aromatic carbocycles. The zero-order valence-electron chi connectivity index (χ0n) is 23.5. The van der Waals surface area contributed by atoms with Gasteiger partial charge < -0.3 is 4.74 Å². The second kappa shape index (κ2) is 10.3. The van der Waals surface area contributed by atoms with Gasteiger partial charge in [-0.2, -0.15) is 0 Å². The predicted molar refractivity (Wildman–Crippen MR) is 142 cm³/mol. The maximum atomic E-state index is 11.9. The summed E-state index contributed by atoms with van der Waals surface area (Å²) in [7, 11) is 0. The molecular weight excluding hydrogens is 416 g/mol. The van der Waals surface area contributed by atoms with Gasteiger partial charge in [-0.05, 0) is 104 Å². The Kier molecular flexibility index (Phi) is 7.96. The predicted octanol–water partition coefficient (Wildman–Crippen LogP) is 8.99. The highest BCUT2D eigenvalue weighted by atomic mass is 16.5. The topological polar surface area (TPSA) is 26.3 Å². The molecule has 0 spiro atoms. The first-order valence-corrected chi connectivity index (χ1v) is 15.0. The molecule has 4 aliphatic rings. The van der Waals surface area contributed by atoms with Gasteiger partial charge in [0.25, 0.3) is 0 Å². The lowest BCUT2D eigenvalue weighted by molar-refractivity contribution is -0.151. The molecule has 0 N–H and O–H groups in total. The van der Waals surface area contributed by atoms with Gasteiger partial charge in [-0.1, -0.05) is 73.0 Å². The summed E-state index contributed by atoms with van der Waals surface area (Å²) in [5.74, 6) is 6.11. The highest BCUT2D eigenvalue weighted by molar-refractivity contribution is 5.69. The van der Waals surface area contributed by atoms with Gasteiger partial charge in [0.15, 0.2) is 0 Å². The molecule has 0 aromatic heterocycles. The van der Waals surface area contributed by atoms with Gasteiger partial charge in [0.2, 0.25) is 0 Å². The maximum absolute atomic E-state index is 11.9. The van der Waals surface area contributed by atoms with Gasteiger partial charge in [0, 0.05) is 12.8 Å². The number of hydrogen-bond donors (Lipinski definition) is 0. The summed E-state index contributed by atoms with van der Waals surface area (Å²) in [4.78, 5) is 11.9. The van der Waals surface area contributed by atoms with Crippen LogP contribution in [0.3, 0.4) is 0 Å². The lowest BCUT2D eigenvalue weighted by Gasteiger charge is -2.58. The molecule has 0 aromatic rings. The molecule has 34 heavy (non-hydrogen) atoms. The molecule has 194 valence electrons.